The molecule has 1 amide bonds. The first-order valence-corrected chi connectivity index (χ1v) is 9.52. The lowest BCUT2D eigenvalue weighted by molar-refractivity contribution is 0.103. The van der Waals surface area contributed by atoms with Crippen LogP contribution in [0, 0.1) is 12.7 Å². The Hall–Kier alpha value is -2.53. The van der Waals surface area contributed by atoms with E-state index < -0.39 is 0 Å². The highest BCUT2D eigenvalue weighted by Crippen LogP contribution is 2.28. The molecule has 1 heterocycles. The summed E-state index contributed by atoms with van der Waals surface area (Å²) in [7, 11) is 0. The van der Waals surface area contributed by atoms with Gasteiger partial charge in [-0.25, -0.2) is 9.37 Å². The average Bonchev–Trinajstić information content (AvgIpc) is 3.03. The van der Waals surface area contributed by atoms with E-state index in [-0.39, 0.29) is 11.7 Å². The predicted molar refractivity (Wildman–Crippen MR) is 105 cm³/mol. The highest BCUT2D eigenvalue weighted by Gasteiger charge is 2.16. The number of thiazole rings is 1. The number of carbonyl (C=O) groups excluding carboxylic acids is 1. The van der Waals surface area contributed by atoms with E-state index in [9.17, 15) is 9.18 Å². The predicted octanol–water partition coefficient (Wildman–Crippen LogP) is 5.85. The molecule has 134 valence electrons. The van der Waals surface area contributed by atoms with Crippen molar-refractivity contribution in [2.45, 2.75) is 33.1 Å². The molecular formula is C21H21FN2OS. The van der Waals surface area contributed by atoms with E-state index >= 15 is 0 Å². The van der Waals surface area contributed by atoms with Crippen LogP contribution in [-0.2, 0) is 6.42 Å². The molecule has 0 saturated heterocycles. The van der Waals surface area contributed by atoms with E-state index in [0.29, 0.717) is 15.6 Å². The van der Waals surface area contributed by atoms with E-state index in [1.165, 1.54) is 35.5 Å². The quantitative estimate of drug-likeness (QED) is 0.593. The van der Waals surface area contributed by atoms with Gasteiger partial charge in [0, 0.05) is 11.3 Å². The lowest BCUT2D eigenvalue weighted by Gasteiger charge is -2.05. The summed E-state index contributed by atoms with van der Waals surface area (Å²) in [4.78, 5) is 17.6. The zero-order valence-corrected chi connectivity index (χ0v) is 15.7. The van der Waals surface area contributed by atoms with Crippen LogP contribution in [0.2, 0.25) is 0 Å². The molecule has 0 fully saturated rings. The number of carbonyl (C=O) groups is 1. The zero-order valence-electron chi connectivity index (χ0n) is 14.9. The second kappa shape index (κ2) is 8.23. The molecule has 26 heavy (non-hydrogen) atoms. The van der Waals surface area contributed by atoms with E-state index in [4.69, 9.17) is 0 Å². The average molecular weight is 368 g/mol. The number of anilines is 1. The van der Waals surface area contributed by atoms with Crippen LogP contribution in [0.25, 0.3) is 10.6 Å². The number of amides is 1. The van der Waals surface area contributed by atoms with Crippen molar-refractivity contribution in [1.29, 1.82) is 0 Å². The van der Waals surface area contributed by atoms with Crippen molar-refractivity contribution in [2.75, 3.05) is 5.32 Å². The molecule has 0 spiro atoms. The van der Waals surface area contributed by atoms with Gasteiger partial charge in [-0.3, -0.25) is 4.79 Å². The first kappa shape index (κ1) is 18.3. The maximum absolute atomic E-state index is 13.1. The van der Waals surface area contributed by atoms with E-state index in [2.05, 4.69) is 29.4 Å². The Bertz CT molecular complexity index is 885. The van der Waals surface area contributed by atoms with Crippen LogP contribution < -0.4 is 5.32 Å². The van der Waals surface area contributed by atoms with E-state index in [1.807, 2.05) is 19.1 Å². The smallest absolute Gasteiger partial charge is 0.267 e. The fourth-order valence-corrected chi connectivity index (χ4v) is 3.61. The Balaban J connectivity index is 1.72. The highest BCUT2D eigenvalue weighted by atomic mass is 32.1. The summed E-state index contributed by atoms with van der Waals surface area (Å²) in [5.41, 5.74) is 3.52. The molecule has 3 rings (SSSR count). The van der Waals surface area contributed by atoms with Crippen molar-refractivity contribution in [3.63, 3.8) is 0 Å². The van der Waals surface area contributed by atoms with Crippen LogP contribution >= 0.6 is 11.3 Å². The topological polar surface area (TPSA) is 42.0 Å². The number of benzene rings is 2. The van der Waals surface area contributed by atoms with Crippen LogP contribution in [0.15, 0.2) is 48.5 Å². The van der Waals surface area contributed by atoms with Gasteiger partial charge in [-0.05, 0) is 61.7 Å². The molecule has 0 saturated carbocycles. The van der Waals surface area contributed by atoms with Gasteiger partial charge in [0.25, 0.3) is 5.91 Å². The molecule has 0 atom stereocenters. The molecule has 3 aromatic rings. The van der Waals surface area contributed by atoms with Crippen LogP contribution in [0.4, 0.5) is 10.1 Å². The summed E-state index contributed by atoms with van der Waals surface area (Å²) in [6.07, 6.45) is 3.39. The number of aromatic nitrogens is 1. The first-order chi connectivity index (χ1) is 12.6. The molecule has 1 N–H and O–H groups in total. The molecule has 0 unspecified atom stereocenters. The third kappa shape index (κ3) is 4.35. The number of hydrogen-bond donors (Lipinski definition) is 1. The fourth-order valence-electron chi connectivity index (χ4n) is 2.65. The molecule has 0 aliphatic carbocycles. The molecule has 0 aliphatic heterocycles. The standard InChI is InChI=1S/C21H21FN2OS/c1-3-4-5-15-6-12-18(13-7-15)24-20(25)19-14(2)23-21(26-19)16-8-10-17(22)11-9-16/h6-13H,3-5H2,1-2H3,(H,24,25). The molecule has 0 aliphatic rings. The fraction of sp³-hybridized carbons (Fsp3) is 0.238. The van der Waals surface area contributed by atoms with Crippen LogP contribution in [0.5, 0.6) is 0 Å². The maximum atomic E-state index is 13.1. The van der Waals surface area contributed by atoms with Crippen LogP contribution in [0.3, 0.4) is 0 Å². The summed E-state index contributed by atoms with van der Waals surface area (Å²) in [5, 5.41) is 3.64. The second-order valence-corrected chi connectivity index (χ2v) is 7.19. The third-order valence-corrected chi connectivity index (χ3v) is 5.33. The number of aryl methyl sites for hydroxylation is 2. The maximum Gasteiger partial charge on any atom is 0.267 e. The molecule has 5 heteroatoms. The molecule has 0 radical (unpaired) electrons. The van der Waals surface area contributed by atoms with Gasteiger partial charge >= 0.3 is 0 Å². The lowest BCUT2D eigenvalue weighted by atomic mass is 10.1. The lowest BCUT2D eigenvalue weighted by Crippen LogP contribution is -2.11. The Labute approximate surface area is 156 Å². The van der Waals surface area contributed by atoms with Crippen molar-refractivity contribution in [1.82, 2.24) is 4.98 Å². The van der Waals surface area contributed by atoms with Crippen molar-refractivity contribution >= 4 is 22.9 Å². The van der Waals surface area contributed by atoms with E-state index in [0.717, 1.165) is 24.1 Å². The van der Waals surface area contributed by atoms with Gasteiger partial charge in [0.05, 0.1) is 5.69 Å². The molecule has 1 aromatic heterocycles. The monoisotopic (exact) mass is 368 g/mol. The van der Waals surface area contributed by atoms with Crippen molar-refractivity contribution in [2.24, 2.45) is 0 Å². The minimum absolute atomic E-state index is 0.172. The van der Waals surface area contributed by atoms with Gasteiger partial charge in [0.15, 0.2) is 0 Å². The summed E-state index contributed by atoms with van der Waals surface area (Å²) in [6, 6.07) is 14.1. The summed E-state index contributed by atoms with van der Waals surface area (Å²) < 4.78 is 13.1. The summed E-state index contributed by atoms with van der Waals surface area (Å²) in [5.74, 6) is -0.461. The molecule has 3 nitrogen and oxygen atoms in total. The molecule has 2 aromatic carbocycles. The molecular weight excluding hydrogens is 347 g/mol. The number of rotatable bonds is 6. The first-order valence-electron chi connectivity index (χ1n) is 8.70. The van der Waals surface area contributed by atoms with Crippen molar-refractivity contribution < 1.29 is 9.18 Å². The number of nitrogens with zero attached hydrogens (tertiary/aromatic N) is 1. The van der Waals surface area contributed by atoms with Gasteiger partial charge in [0.2, 0.25) is 0 Å². The number of nitrogens with one attached hydrogen (secondary N) is 1. The van der Waals surface area contributed by atoms with Gasteiger partial charge in [-0.15, -0.1) is 11.3 Å². The van der Waals surface area contributed by atoms with Gasteiger partial charge in [0.1, 0.15) is 15.7 Å². The Kier molecular flexibility index (Phi) is 5.78. The normalized spacial score (nSPS) is 10.7. The number of halogens is 1. The van der Waals surface area contributed by atoms with E-state index in [1.54, 1.807) is 12.1 Å². The Morgan fingerprint density at radius 3 is 2.46 bits per heavy atom. The third-order valence-electron chi connectivity index (χ3n) is 4.12. The van der Waals surface area contributed by atoms with Gasteiger partial charge in [-0.1, -0.05) is 25.5 Å². The number of unbranched alkanes of at least 4 members (excludes halogenated alkanes) is 1. The summed E-state index contributed by atoms with van der Waals surface area (Å²) >= 11 is 1.31. The largest absolute Gasteiger partial charge is 0.321 e. The molecule has 0 bridgehead atoms. The van der Waals surface area contributed by atoms with Gasteiger partial charge in [-0.2, -0.15) is 0 Å². The summed E-state index contributed by atoms with van der Waals surface area (Å²) in [6.45, 7) is 3.98. The SMILES string of the molecule is CCCCc1ccc(NC(=O)c2sc(-c3ccc(F)cc3)nc2C)cc1. The minimum atomic E-state index is -0.289. The minimum Gasteiger partial charge on any atom is -0.321 e. The van der Waals surface area contributed by atoms with Crippen LogP contribution in [0.1, 0.15) is 40.7 Å². The van der Waals surface area contributed by atoms with Gasteiger partial charge < -0.3 is 5.32 Å². The Morgan fingerprint density at radius 2 is 1.81 bits per heavy atom. The van der Waals surface area contributed by atoms with Crippen molar-refractivity contribution in [3.8, 4) is 10.6 Å². The second-order valence-electron chi connectivity index (χ2n) is 6.20. The van der Waals surface area contributed by atoms with Crippen LogP contribution in [-0.4, -0.2) is 10.9 Å². The highest BCUT2D eigenvalue weighted by molar-refractivity contribution is 7.17. The number of hydrogen-bond acceptors (Lipinski definition) is 3. The Morgan fingerprint density at radius 1 is 1.12 bits per heavy atom. The van der Waals surface area contributed by atoms with Crippen molar-refractivity contribution in [3.05, 3.63) is 70.5 Å². The zero-order chi connectivity index (χ0) is 18.5.